The van der Waals surface area contributed by atoms with E-state index in [9.17, 15) is 0 Å². The molecule has 2 atom stereocenters. The third kappa shape index (κ3) is 1.56. The van der Waals surface area contributed by atoms with Gasteiger partial charge in [0.05, 0.1) is 12.9 Å². The normalized spacial score (nSPS) is 23.6. The van der Waals surface area contributed by atoms with E-state index in [1.54, 1.807) is 17.0 Å². The van der Waals surface area contributed by atoms with Gasteiger partial charge in [0.2, 0.25) is 0 Å². The van der Waals surface area contributed by atoms with Crippen LogP contribution in [0.15, 0.2) is 24.8 Å². The van der Waals surface area contributed by atoms with Gasteiger partial charge in [0.1, 0.15) is 17.9 Å². The van der Waals surface area contributed by atoms with Crippen molar-refractivity contribution in [3.8, 4) is 0 Å². The van der Waals surface area contributed by atoms with E-state index < -0.39 is 0 Å². The second-order valence-electron chi connectivity index (χ2n) is 3.72. The quantitative estimate of drug-likeness (QED) is 0.700. The third-order valence-corrected chi connectivity index (χ3v) is 2.65. The number of nitrogens with zero attached hydrogens (tertiary/aromatic N) is 4. The van der Waals surface area contributed by atoms with Crippen LogP contribution >= 0.6 is 0 Å². The number of anilines is 1. The molecule has 0 aromatic carbocycles. The lowest BCUT2D eigenvalue weighted by Gasteiger charge is -2.13. The first kappa shape index (κ1) is 10.2. The van der Waals surface area contributed by atoms with Crippen LogP contribution in [0, 0.1) is 0 Å². The van der Waals surface area contributed by atoms with Gasteiger partial charge in [0, 0.05) is 0 Å². The highest BCUT2D eigenvalue weighted by molar-refractivity contribution is 5.81. The van der Waals surface area contributed by atoms with E-state index in [1.807, 2.05) is 6.08 Å². The van der Waals surface area contributed by atoms with Gasteiger partial charge < -0.3 is 15.6 Å². The molecule has 0 amide bonds. The van der Waals surface area contributed by atoms with Gasteiger partial charge in [-0.1, -0.05) is 6.08 Å². The first-order valence-electron chi connectivity index (χ1n) is 5.17. The van der Waals surface area contributed by atoms with Crippen LogP contribution in [0.5, 0.6) is 0 Å². The standard InChI is InChI=1S/C10H11N5O2/c11-9-8-10(13-4-12-9)15(5-14-8)7-2-1-6(3-16)17-7/h1-2,4-7,16H,3H2,(H2,11,12,13)/t6-,7?/m0/s1. The molecule has 2 aromatic rings. The average Bonchev–Trinajstić information content (AvgIpc) is 2.94. The lowest BCUT2D eigenvalue weighted by Crippen LogP contribution is -2.15. The molecule has 1 aliphatic rings. The molecule has 0 bridgehead atoms. The third-order valence-electron chi connectivity index (χ3n) is 2.65. The van der Waals surface area contributed by atoms with Gasteiger partial charge in [-0.2, -0.15) is 0 Å². The highest BCUT2D eigenvalue weighted by Crippen LogP contribution is 2.25. The minimum Gasteiger partial charge on any atom is -0.393 e. The minimum atomic E-state index is -0.313. The summed E-state index contributed by atoms with van der Waals surface area (Å²) in [6.45, 7) is -0.0449. The summed E-state index contributed by atoms with van der Waals surface area (Å²) in [5.74, 6) is 0.342. The molecule has 0 spiro atoms. The maximum Gasteiger partial charge on any atom is 0.167 e. The summed E-state index contributed by atoms with van der Waals surface area (Å²) in [5.41, 5.74) is 6.87. The first-order chi connectivity index (χ1) is 8.29. The number of hydrogen-bond acceptors (Lipinski definition) is 6. The smallest absolute Gasteiger partial charge is 0.167 e. The molecule has 3 rings (SSSR count). The number of imidazole rings is 1. The molecule has 0 radical (unpaired) electrons. The van der Waals surface area contributed by atoms with E-state index in [4.69, 9.17) is 15.6 Å². The number of rotatable bonds is 2. The van der Waals surface area contributed by atoms with Crippen LogP contribution in [0.25, 0.3) is 11.2 Å². The summed E-state index contributed by atoms with van der Waals surface area (Å²) in [7, 11) is 0. The monoisotopic (exact) mass is 233 g/mol. The highest BCUT2D eigenvalue weighted by Gasteiger charge is 2.22. The van der Waals surface area contributed by atoms with Crippen LogP contribution in [-0.2, 0) is 4.74 Å². The zero-order valence-corrected chi connectivity index (χ0v) is 8.89. The molecule has 0 saturated heterocycles. The number of nitrogen functional groups attached to an aromatic ring is 1. The Morgan fingerprint density at radius 2 is 2.24 bits per heavy atom. The molecular weight excluding hydrogens is 222 g/mol. The number of aromatic nitrogens is 4. The summed E-state index contributed by atoms with van der Waals surface area (Å²) < 4.78 is 7.31. The van der Waals surface area contributed by atoms with Crippen LogP contribution in [0.3, 0.4) is 0 Å². The summed E-state index contributed by atoms with van der Waals surface area (Å²) >= 11 is 0. The van der Waals surface area contributed by atoms with Crippen LogP contribution in [0.1, 0.15) is 6.23 Å². The second kappa shape index (κ2) is 3.79. The maximum absolute atomic E-state index is 8.99. The van der Waals surface area contributed by atoms with E-state index in [-0.39, 0.29) is 18.9 Å². The fourth-order valence-corrected chi connectivity index (χ4v) is 1.81. The molecule has 7 nitrogen and oxygen atoms in total. The Bertz CT molecular complexity index is 579. The number of nitrogens with two attached hydrogens (primary N) is 1. The summed E-state index contributed by atoms with van der Waals surface area (Å²) in [6, 6.07) is 0. The molecule has 7 heteroatoms. The van der Waals surface area contributed by atoms with E-state index in [1.165, 1.54) is 6.33 Å². The maximum atomic E-state index is 8.99. The average molecular weight is 233 g/mol. The topological polar surface area (TPSA) is 99.1 Å². The Balaban J connectivity index is 2.02. The molecule has 0 aliphatic carbocycles. The Morgan fingerprint density at radius 1 is 1.35 bits per heavy atom. The number of aliphatic hydroxyl groups excluding tert-OH is 1. The van der Waals surface area contributed by atoms with Crippen molar-refractivity contribution in [2.24, 2.45) is 0 Å². The van der Waals surface area contributed by atoms with Crippen molar-refractivity contribution in [1.82, 2.24) is 19.5 Å². The molecule has 2 aromatic heterocycles. The summed E-state index contributed by atoms with van der Waals surface area (Å²) in [4.78, 5) is 12.2. The van der Waals surface area contributed by atoms with Gasteiger partial charge in [-0.25, -0.2) is 15.0 Å². The molecule has 1 unspecified atom stereocenters. The van der Waals surface area contributed by atoms with Gasteiger partial charge >= 0.3 is 0 Å². The molecule has 17 heavy (non-hydrogen) atoms. The van der Waals surface area contributed by atoms with Gasteiger partial charge in [0.15, 0.2) is 17.7 Å². The number of hydrogen-bond donors (Lipinski definition) is 2. The molecule has 88 valence electrons. The predicted octanol–water partition coefficient (Wildman–Crippen LogP) is -0.146. The minimum absolute atomic E-state index is 0.0449. The molecule has 3 N–H and O–H groups in total. The lowest BCUT2D eigenvalue weighted by molar-refractivity contribution is -0.00638. The molecule has 0 saturated carbocycles. The van der Waals surface area contributed by atoms with Crippen molar-refractivity contribution in [3.05, 3.63) is 24.8 Å². The fraction of sp³-hybridized carbons (Fsp3) is 0.300. The lowest BCUT2D eigenvalue weighted by atomic mass is 10.4. The van der Waals surface area contributed by atoms with Gasteiger partial charge in [-0.3, -0.25) is 4.57 Å². The summed E-state index contributed by atoms with van der Waals surface area (Å²) in [5, 5.41) is 8.99. The molecular formula is C10H11N5O2. The first-order valence-corrected chi connectivity index (χ1v) is 5.17. The molecule has 1 aliphatic heterocycles. The Hall–Kier alpha value is -1.99. The number of aliphatic hydroxyl groups is 1. The Morgan fingerprint density at radius 3 is 3.00 bits per heavy atom. The second-order valence-corrected chi connectivity index (χ2v) is 3.72. The highest BCUT2D eigenvalue weighted by atomic mass is 16.5. The van der Waals surface area contributed by atoms with Crippen molar-refractivity contribution < 1.29 is 9.84 Å². The van der Waals surface area contributed by atoms with Crippen molar-refractivity contribution in [3.63, 3.8) is 0 Å². The number of fused-ring (bicyclic) bond motifs is 1. The van der Waals surface area contributed by atoms with Gasteiger partial charge in [-0.05, 0) is 6.08 Å². The molecule has 0 fully saturated rings. The zero-order valence-electron chi connectivity index (χ0n) is 8.89. The van der Waals surface area contributed by atoms with Crippen molar-refractivity contribution in [2.45, 2.75) is 12.3 Å². The summed E-state index contributed by atoms with van der Waals surface area (Å²) in [6.07, 6.45) is 6.05. The van der Waals surface area contributed by atoms with Crippen LogP contribution in [-0.4, -0.2) is 37.3 Å². The van der Waals surface area contributed by atoms with E-state index in [2.05, 4.69) is 15.0 Å². The van der Waals surface area contributed by atoms with E-state index in [0.29, 0.717) is 17.0 Å². The van der Waals surface area contributed by atoms with Crippen molar-refractivity contribution >= 4 is 17.0 Å². The van der Waals surface area contributed by atoms with Gasteiger partial charge in [0.25, 0.3) is 0 Å². The predicted molar refractivity (Wildman–Crippen MR) is 59.9 cm³/mol. The van der Waals surface area contributed by atoms with Gasteiger partial charge in [-0.15, -0.1) is 0 Å². The Labute approximate surface area is 96.6 Å². The SMILES string of the molecule is Nc1ncnc2c1ncn2C1C=C[C@@H](CO)O1. The van der Waals surface area contributed by atoms with E-state index in [0.717, 1.165) is 0 Å². The largest absolute Gasteiger partial charge is 0.393 e. The number of ether oxygens (including phenoxy) is 1. The van der Waals surface area contributed by atoms with Crippen molar-refractivity contribution in [1.29, 1.82) is 0 Å². The molecule has 3 heterocycles. The van der Waals surface area contributed by atoms with Crippen LogP contribution < -0.4 is 5.73 Å². The zero-order chi connectivity index (χ0) is 11.8. The van der Waals surface area contributed by atoms with Crippen LogP contribution in [0.4, 0.5) is 5.82 Å². The fourth-order valence-electron chi connectivity index (χ4n) is 1.81. The van der Waals surface area contributed by atoms with E-state index >= 15 is 0 Å². The Kier molecular flexibility index (Phi) is 2.27. The van der Waals surface area contributed by atoms with Crippen LogP contribution in [0.2, 0.25) is 0 Å². The van der Waals surface area contributed by atoms with Crippen molar-refractivity contribution in [2.75, 3.05) is 12.3 Å².